The predicted molar refractivity (Wildman–Crippen MR) is 53.7 cm³/mol. The van der Waals surface area contributed by atoms with Crippen LogP contribution in [-0.4, -0.2) is 17.0 Å². The summed E-state index contributed by atoms with van der Waals surface area (Å²) in [6.07, 6.45) is 0.781. The fourth-order valence-corrected chi connectivity index (χ4v) is 1.84. The van der Waals surface area contributed by atoms with Crippen LogP contribution in [0, 0.1) is 0 Å². The molecule has 0 radical (unpaired) electrons. The summed E-state index contributed by atoms with van der Waals surface area (Å²) in [6.45, 7) is 2.04. The van der Waals surface area contributed by atoms with Crippen LogP contribution in [0.25, 0.3) is 0 Å². The number of halogens is 1. The highest BCUT2D eigenvalue weighted by Gasteiger charge is 2.02. The number of carbonyl (C=O) groups excluding carboxylic acids is 1. The average molecular weight is 246 g/mol. The second kappa shape index (κ2) is 4.62. The van der Waals surface area contributed by atoms with Gasteiger partial charge in [0.2, 0.25) is 0 Å². The molecule has 0 saturated heterocycles. The van der Waals surface area contributed by atoms with E-state index in [-0.39, 0.29) is 0 Å². The number of pyridine rings is 1. The molecule has 0 aromatic carbocycles. The van der Waals surface area contributed by atoms with E-state index in [2.05, 4.69) is 20.9 Å². The number of thioether (sulfide) groups is 1. The van der Waals surface area contributed by atoms with E-state index in [0.29, 0.717) is 10.3 Å². The Kier molecular flexibility index (Phi) is 3.75. The van der Waals surface area contributed by atoms with Gasteiger partial charge in [-0.1, -0.05) is 6.92 Å². The summed E-state index contributed by atoms with van der Waals surface area (Å²) in [5.74, 6) is 0.949. The maximum Gasteiger partial charge on any atom is 0.169 e. The molecule has 0 aliphatic carbocycles. The maximum absolute atomic E-state index is 10.6. The van der Waals surface area contributed by atoms with Crippen LogP contribution in [0.15, 0.2) is 21.6 Å². The van der Waals surface area contributed by atoms with Gasteiger partial charge in [0.25, 0.3) is 0 Å². The van der Waals surface area contributed by atoms with E-state index in [1.54, 1.807) is 11.8 Å². The summed E-state index contributed by atoms with van der Waals surface area (Å²) >= 11 is 4.83. The van der Waals surface area contributed by atoms with Gasteiger partial charge in [-0.05, 0) is 33.8 Å². The lowest BCUT2D eigenvalue weighted by molar-refractivity contribution is 0.111. The highest BCUT2D eigenvalue weighted by Crippen LogP contribution is 2.21. The fourth-order valence-electron chi connectivity index (χ4n) is 0.799. The van der Waals surface area contributed by atoms with Gasteiger partial charge in [-0.2, -0.15) is 0 Å². The largest absolute Gasteiger partial charge is 0.296 e. The highest BCUT2D eigenvalue weighted by atomic mass is 79.9. The molecule has 0 aliphatic heterocycles. The van der Waals surface area contributed by atoms with Crippen LogP contribution in [-0.2, 0) is 0 Å². The van der Waals surface area contributed by atoms with E-state index >= 15 is 0 Å². The second-order valence-electron chi connectivity index (χ2n) is 2.07. The Balaban J connectivity index is 3.02. The maximum atomic E-state index is 10.6. The van der Waals surface area contributed by atoms with E-state index in [4.69, 9.17) is 0 Å². The Bertz CT molecular complexity index is 290. The monoisotopic (exact) mass is 245 g/mol. The lowest BCUT2D eigenvalue weighted by Crippen LogP contribution is -1.90. The van der Waals surface area contributed by atoms with E-state index in [1.807, 2.05) is 19.1 Å². The van der Waals surface area contributed by atoms with Crippen LogP contribution in [0.5, 0.6) is 0 Å². The summed E-state index contributed by atoms with van der Waals surface area (Å²) in [5, 5.41) is 0. The van der Waals surface area contributed by atoms with Crippen molar-refractivity contribution in [3.63, 3.8) is 0 Å². The van der Waals surface area contributed by atoms with Crippen molar-refractivity contribution in [1.29, 1.82) is 0 Å². The first-order valence-corrected chi connectivity index (χ1v) is 5.30. The minimum atomic E-state index is 0.510. The number of hydrogen-bond acceptors (Lipinski definition) is 3. The van der Waals surface area contributed by atoms with E-state index in [1.165, 1.54) is 0 Å². The van der Waals surface area contributed by atoms with Gasteiger partial charge in [0.1, 0.15) is 10.3 Å². The van der Waals surface area contributed by atoms with Gasteiger partial charge >= 0.3 is 0 Å². The first kappa shape index (κ1) is 9.74. The number of rotatable bonds is 3. The zero-order chi connectivity index (χ0) is 8.97. The Hall–Kier alpha value is -0.350. The standard InChI is InChI=1S/C8H8BrNOS/c1-2-12-7-3-4-8(9)10-6(7)5-11/h3-5H,2H2,1H3. The minimum absolute atomic E-state index is 0.510. The van der Waals surface area contributed by atoms with E-state index in [9.17, 15) is 4.79 Å². The third-order valence-electron chi connectivity index (χ3n) is 1.26. The molecule has 1 aromatic rings. The molecule has 0 N–H and O–H groups in total. The molecular formula is C8H8BrNOS. The van der Waals surface area contributed by atoms with Crippen molar-refractivity contribution in [2.24, 2.45) is 0 Å². The smallest absolute Gasteiger partial charge is 0.169 e. The molecule has 12 heavy (non-hydrogen) atoms. The van der Waals surface area contributed by atoms with Crippen molar-refractivity contribution in [3.05, 3.63) is 22.4 Å². The molecule has 0 unspecified atom stereocenters. The molecule has 1 rings (SSSR count). The average Bonchev–Trinajstić information content (AvgIpc) is 2.08. The zero-order valence-electron chi connectivity index (χ0n) is 6.58. The van der Waals surface area contributed by atoms with Crippen molar-refractivity contribution < 1.29 is 4.79 Å². The van der Waals surface area contributed by atoms with Gasteiger partial charge in [-0.3, -0.25) is 4.79 Å². The Morgan fingerprint density at radius 2 is 2.42 bits per heavy atom. The Labute approximate surface area is 83.9 Å². The molecule has 1 aromatic heterocycles. The van der Waals surface area contributed by atoms with Gasteiger partial charge in [-0.15, -0.1) is 11.8 Å². The Morgan fingerprint density at radius 3 is 3.00 bits per heavy atom. The lowest BCUT2D eigenvalue weighted by Gasteiger charge is -2.00. The van der Waals surface area contributed by atoms with Gasteiger partial charge in [0.05, 0.1) is 0 Å². The molecule has 64 valence electrons. The molecule has 4 heteroatoms. The van der Waals surface area contributed by atoms with Gasteiger partial charge in [0, 0.05) is 4.90 Å². The minimum Gasteiger partial charge on any atom is -0.296 e. The van der Waals surface area contributed by atoms with E-state index in [0.717, 1.165) is 16.9 Å². The highest BCUT2D eigenvalue weighted by molar-refractivity contribution is 9.10. The van der Waals surface area contributed by atoms with Crippen molar-refractivity contribution in [1.82, 2.24) is 4.98 Å². The van der Waals surface area contributed by atoms with Crippen molar-refractivity contribution >= 4 is 34.0 Å². The molecule has 2 nitrogen and oxygen atoms in total. The SMILES string of the molecule is CCSc1ccc(Br)nc1C=O. The molecule has 0 fully saturated rings. The number of aromatic nitrogens is 1. The Morgan fingerprint density at radius 1 is 1.67 bits per heavy atom. The normalized spacial score (nSPS) is 9.83. The first-order chi connectivity index (χ1) is 5.77. The molecular weight excluding hydrogens is 238 g/mol. The molecule has 0 saturated carbocycles. The van der Waals surface area contributed by atoms with Crippen LogP contribution in [0.2, 0.25) is 0 Å². The molecule has 1 heterocycles. The summed E-state index contributed by atoms with van der Waals surface area (Å²) in [5.41, 5.74) is 0.510. The summed E-state index contributed by atoms with van der Waals surface area (Å²) in [4.78, 5) is 15.5. The second-order valence-corrected chi connectivity index (χ2v) is 4.19. The van der Waals surface area contributed by atoms with Crippen molar-refractivity contribution in [3.8, 4) is 0 Å². The van der Waals surface area contributed by atoms with E-state index < -0.39 is 0 Å². The molecule has 0 aliphatic rings. The third-order valence-corrected chi connectivity index (χ3v) is 2.65. The van der Waals surface area contributed by atoms with Crippen molar-refractivity contribution in [2.75, 3.05) is 5.75 Å². The topological polar surface area (TPSA) is 30.0 Å². The zero-order valence-corrected chi connectivity index (χ0v) is 8.98. The van der Waals surface area contributed by atoms with Crippen LogP contribution < -0.4 is 0 Å². The summed E-state index contributed by atoms with van der Waals surface area (Å²) < 4.78 is 0.699. The van der Waals surface area contributed by atoms with Crippen molar-refractivity contribution in [2.45, 2.75) is 11.8 Å². The van der Waals surface area contributed by atoms with Gasteiger partial charge in [0.15, 0.2) is 6.29 Å². The van der Waals surface area contributed by atoms with Crippen LogP contribution in [0.4, 0.5) is 0 Å². The van der Waals surface area contributed by atoms with Gasteiger partial charge < -0.3 is 0 Å². The molecule has 0 bridgehead atoms. The molecule has 0 amide bonds. The predicted octanol–water partition coefficient (Wildman–Crippen LogP) is 2.77. The lowest BCUT2D eigenvalue weighted by atomic mass is 10.4. The first-order valence-electron chi connectivity index (χ1n) is 3.52. The number of nitrogens with zero attached hydrogens (tertiary/aromatic N) is 1. The number of aldehydes is 1. The van der Waals surface area contributed by atoms with Crippen LogP contribution in [0.1, 0.15) is 17.4 Å². The molecule has 0 spiro atoms. The quantitative estimate of drug-likeness (QED) is 0.466. The van der Waals surface area contributed by atoms with Crippen LogP contribution >= 0.6 is 27.7 Å². The third kappa shape index (κ3) is 2.32. The summed E-state index contributed by atoms with van der Waals surface area (Å²) in [7, 11) is 0. The molecule has 0 atom stereocenters. The summed E-state index contributed by atoms with van der Waals surface area (Å²) in [6, 6.07) is 3.74. The fraction of sp³-hybridized carbons (Fsp3) is 0.250. The number of carbonyl (C=O) groups is 1. The number of hydrogen-bond donors (Lipinski definition) is 0. The van der Waals surface area contributed by atoms with Crippen LogP contribution in [0.3, 0.4) is 0 Å². The van der Waals surface area contributed by atoms with Gasteiger partial charge in [-0.25, -0.2) is 4.98 Å².